The molecule has 1 aromatic rings. The largest absolute Gasteiger partial charge is 0.324 e. The van der Waals surface area contributed by atoms with Crippen LogP contribution in [0.1, 0.15) is 28.0 Å². The Labute approximate surface area is 82.7 Å². The van der Waals surface area contributed by atoms with Gasteiger partial charge < -0.3 is 4.98 Å². The molecule has 0 radical (unpaired) electrons. The Balaban J connectivity index is 3.47. The summed E-state index contributed by atoms with van der Waals surface area (Å²) in [6.45, 7) is 0. The minimum Gasteiger partial charge on any atom is -0.324 e. The summed E-state index contributed by atoms with van der Waals surface area (Å²) < 4.78 is 24.7. The van der Waals surface area contributed by atoms with E-state index < -0.39 is 17.5 Å². The van der Waals surface area contributed by atoms with Crippen molar-refractivity contribution in [2.45, 2.75) is 12.3 Å². The molecule has 0 bridgehead atoms. The maximum atomic E-state index is 12.4. The average Bonchev–Trinajstić information content (AvgIpc) is 2.16. The van der Waals surface area contributed by atoms with Gasteiger partial charge in [0.25, 0.3) is 6.43 Å². The minimum absolute atomic E-state index is 0.0180. The lowest BCUT2D eigenvalue weighted by atomic mass is 10.1. The van der Waals surface area contributed by atoms with Gasteiger partial charge in [0.1, 0.15) is 0 Å². The quantitative estimate of drug-likeness (QED) is 0.626. The first-order chi connectivity index (χ1) is 6.60. The standard InChI is InChI=1S/C8H6ClF2NO2/c9-2-6-5(3-13)4(8(10)11)1-7(14)12-6/h1,3,8H,2H2,(H,12,14). The van der Waals surface area contributed by atoms with Crippen molar-refractivity contribution >= 4 is 17.9 Å². The second-order valence-corrected chi connectivity index (χ2v) is 2.80. The molecule has 1 rings (SSSR count). The van der Waals surface area contributed by atoms with Gasteiger partial charge in [0.15, 0.2) is 6.29 Å². The lowest BCUT2D eigenvalue weighted by Crippen LogP contribution is -2.13. The van der Waals surface area contributed by atoms with Crippen LogP contribution in [0.5, 0.6) is 0 Å². The van der Waals surface area contributed by atoms with Gasteiger partial charge in [-0.05, 0) is 0 Å². The van der Waals surface area contributed by atoms with Crippen molar-refractivity contribution in [3.05, 3.63) is 33.2 Å². The van der Waals surface area contributed by atoms with E-state index in [0.29, 0.717) is 6.07 Å². The number of aromatic amines is 1. The Morgan fingerprint density at radius 3 is 2.64 bits per heavy atom. The van der Waals surface area contributed by atoms with Gasteiger partial charge >= 0.3 is 0 Å². The predicted octanol–water partition coefficient (Wildman–Crippen LogP) is 1.86. The van der Waals surface area contributed by atoms with Crippen LogP contribution in [0.25, 0.3) is 0 Å². The Bertz CT molecular complexity index is 403. The Morgan fingerprint density at radius 1 is 1.57 bits per heavy atom. The first kappa shape index (κ1) is 10.8. The monoisotopic (exact) mass is 221 g/mol. The Kier molecular flexibility index (Phi) is 3.35. The minimum atomic E-state index is -2.86. The number of carbonyl (C=O) groups is 1. The molecule has 1 aromatic heterocycles. The molecule has 0 fully saturated rings. The fourth-order valence-corrected chi connectivity index (χ4v) is 1.28. The second-order valence-electron chi connectivity index (χ2n) is 2.53. The molecule has 0 amide bonds. The zero-order valence-corrected chi connectivity index (χ0v) is 7.65. The van der Waals surface area contributed by atoms with E-state index in [0.717, 1.165) is 0 Å². The van der Waals surface area contributed by atoms with E-state index in [1.54, 1.807) is 0 Å². The zero-order chi connectivity index (χ0) is 10.7. The summed E-state index contributed by atoms with van der Waals surface area (Å²) in [5.74, 6) is -0.191. The topological polar surface area (TPSA) is 49.9 Å². The highest BCUT2D eigenvalue weighted by atomic mass is 35.5. The van der Waals surface area contributed by atoms with Gasteiger partial charge in [0.2, 0.25) is 5.56 Å². The number of nitrogens with one attached hydrogen (secondary N) is 1. The van der Waals surface area contributed by atoms with E-state index in [-0.39, 0.29) is 23.4 Å². The highest BCUT2D eigenvalue weighted by molar-refractivity contribution is 6.17. The molecule has 14 heavy (non-hydrogen) atoms. The second kappa shape index (κ2) is 4.32. The Morgan fingerprint density at radius 2 is 2.21 bits per heavy atom. The van der Waals surface area contributed by atoms with Gasteiger partial charge in [0, 0.05) is 22.9 Å². The lowest BCUT2D eigenvalue weighted by Gasteiger charge is -2.06. The number of halogens is 3. The molecule has 1 N–H and O–H groups in total. The van der Waals surface area contributed by atoms with Gasteiger partial charge in [-0.2, -0.15) is 0 Å². The van der Waals surface area contributed by atoms with Crippen molar-refractivity contribution in [1.82, 2.24) is 4.98 Å². The van der Waals surface area contributed by atoms with Crippen LogP contribution in [0.4, 0.5) is 8.78 Å². The zero-order valence-electron chi connectivity index (χ0n) is 6.89. The SMILES string of the molecule is O=Cc1c(C(F)F)cc(=O)[nH]c1CCl. The van der Waals surface area contributed by atoms with Crippen LogP contribution in [0.15, 0.2) is 10.9 Å². The summed E-state index contributed by atoms with van der Waals surface area (Å²) in [5, 5.41) is 0. The molecular formula is C8H6ClF2NO2. The average molecular weight is 222 g/mol. The number of hydrogen-bond donors (Lipinski definition) is 1. The molecule has 0 saturated carbocycles. The van der Waals surface area contributed by atoms with Crippen LogP contribution in [0.3, 0.4) is 0 Å². The summed E-state index contributed by atoms with van der Waals surface area (Å²) in [7, 11) is 0. The van der Waals surface area contributed by atoms with Crippen LogP contribution in [0, 0.1) is 0 Å². The number of pyridine rings is 1. The summed E-state index contributed by atoms with van der Waals surface area (Å²) >= 11 is 5.39. The van der Waals surface area contributed by atoms with Crippen LogP contribution in [-0.4, -0.2) is 11.3 Å². The number of H-pyrrole nitrogens is 1. The van der Waals surface area contributed by atoms with Crippen LogP contribution in [-0.2, 0) is 5.88 Å². The highest BCUT2D eigenvalue weighted by Crippen LogP contribution is 2.22. The molecule has 0 saturated heterocycles. The Hall–Kier alpha value is -1.23. The van der Waals surface area contributed by atoms with Crippen molar-refractivity contribution in [3.8, 4) is 0 Å². The van der Waals surface area contributed by atoms with Crippen LogP contribution >= 0.6 is 11.6 Å². The third-order valence-electron chi connectivity index (χ3n) is 1.68. The van der Waals surface area contributed by atoms with E-state index in [1.807, 2.05) is 0 Å². The molecule has 0 aromatic carbocycles. The number of rotatable bonds is 3. The van der Waals surface area contributed by atoms with E-state index in [1.165, 1.54) is 0 Å². The van der Waals surface area contributed by atoms with E-state index in [4.69, 9.17) is 11.6 Å². The summed E-state index contributed by atoms with van der Waals surface area (Å²) in [4.78, 5) is 23.6. The molecule has 0 aliphatic carbocycles. The van der Waals surface area contributed by atoms with Crippen LogP contribution < -0.4 is 5.56 Å². The summed E-state index contributed by atoms with van der Waals surface area (Å²) in [6, 6.07) is 0.699. The van der Waals surface area contributed by atoms with E-state index in [2.05, 4.69) is 4.98 Å². The smallest absolute Gasteiger partial charge is 0.264 e. The molecule has 0 aliphatic rings. The van der Waals surface area contributed by atoms with Crippen molar-refractivity contribution in [3.63, 3.8) is 0 Å². The third-order valence-corrected chi connectivity index (χ3v) is 1.95. The van der Waals surface area contributed by atoms with Gasteiger partial charge in [-0.25, -0.2) is 8.78 Å². The summed E-state index contributed by atoms with van der Waals surface area (Å²) in [6.07, 6.45) is -2.60. The molecular weight excluding hydrogens is 216 g/mol. The summed E-state index contributed by atoms with van der Waals surface area (Å²) in [5.41, 5.74) is -1.50. The number of carbonyl (C=O) groups excluding carboxylic acids is 1. The van der Waals surface area contributed by atoms with Crippen molar-refractivity contribution in [2.24, 2.45) is 0 Å². The van der Waals surface area contributed by atoms with Crippen molar-refractivity contribution in [1.29, 1.82) is 0 Å². The van der Waals surface area contributed by atoms with Gasteiger partial charge in [0.05, 0.1) is 5.88 Å². The van der Waals surface area contributed by atoms with E-state index >= 15 is 0 Å². The first-order valence-electron chi connectivity index (χ1n) is 3.65. The molecule has 0 aliphatic heterocycles. The molecule has 0 atom stereocenters. The van der Waals surface area contributed by atoms with Crippen molar-refractivity contribution in [2.75, 3.05) is 0 Å². The molecule has 3 nitrogen and oxygen atoms in total. The molecule has 1 heterocycles. The van der Waals surface area contributed by atoms with Gasteiger partial charge in [-0.15, -0.1) is 11.6 Å². The normalized spacial score (nSPS) is 10.6. The highest BCUT2D eigenvalue weighted by Gasteiger charge is 2.16. The third kappa shape index (κ3) is 1.98. The number of aldehydes is 1. The van der Waals surface area contributed by atoms with Gasteiger partial charge in [-0.3, -0.25) is 9.59 Å². The maximum Gasteiger partial charge on any atom is 0.264 e. The predicted molar refractivity (Wildman–Crippen MR) is 47.0 cm³/mol. The van der Waals surface area contributed by atoms with E-state index in [9.17, 15) is 18.4 Å². The molecule has 0 spiro atoms. The number of alkyl halides is 3. The van der Waals surface area contributed by atoms with Gasteiger partial charge in [-0.1, -0.05) is 0 Å². The molecule has 6 heteroatoms. The number of hydrogen-bond acceptors (Lipinski definition) is 2. The van der Waals surface area contributed by atoms with Crippen molar-refractivity contribution < 1.29 is 13.6 Å². The maximum absolute atomic E-state index is 12.4. The fourth-order valence-electron chi connectivity index (χ4n) is 1.07. The van der Waals surface area contributed by atoms with Crippen LogP contribution in [0.2, 0.25) is 0 Å². The number of aromatic nitrogens is 1. The first-order valence-corrected chi connectivity index (χ1v) is 4.19. The lowest BCUT2D eigenvalue weighted by molar-refractivity contribution is 0.110. The fraction of sp³-hybridized carbons (Fsp3) is 0.250. The molecule has 76 valence electrons. The molecule has 0 unspecified atom stereocenters.